The first-order valence-electron chi connectivity index (χ1n) is 7.62. The molecule has 25 heavy (non-hydrogen) atoms. The van der Waals surface area contributed by atoms with E-state index in [9.17, 15) is 9.59 Å². The molecule has 7 heteroatoms. The average Bonchev–Trinajstić information content (AvgIpc) is 3.08. The molecule has 0 atom stereocenters. The molecule has 0 fully saturated rings. The lowest BCUT2D eigenvalue weighted by atomic mass is 10.1. The van der Waals surface area contributed by atoms with Crippen LogP contribution in [0.1, 0.15) is 33.3 Å². The molecule has 0 aliphatic rings. The van der Waals surface area contributed by atoms with Gasteiger partial charge in [-0.1, -0.05) is 0 Å². The zero-order chi connectivity index (χ0) is 17.6. The van der Waals surface area contributed by atoms with E-state index in [1.54, 1.807) is 30.5 Å². The van der Waals surface area contributed by atoms with Crippen LogP contribution in [0.4, 0.5) is 10.8 Å². The Morgan fingerprint density at radius 2 is 1.92 bits per heavy atom. The molecule has 0 spiro atoms. The van der Waals surface area contributed by atoms with Crippen molar-refractivity contribution >= 4 is 33.8 Å². The van der Waals surface area contributed by atoms with Gasteiger partial charge in [0, 0.05) is 29.0 Å². The number of hydrogen-bond donors (Lipinski definition) is 2. The van der Waals surface area contributed by atoms with Gasteiger partial charge >= 0.3 is 0 Å². The highest BCUT2D eigenvalue weighted by atomic mass is 32.1. The lowest BCUT2D eigenvalue weighted by molar-refractivity contribution is 0.0949. The first-order valence-corrected chi connectivity index (χ1v) is 8.50. The highest BCUT2D eigenvalue weighted by Gasteiger charge is 2.07. The molecule has 0 aliphatic heterocycles. The van der Waals surface area contributed by atoms with Crippen LogP contribution in [0, 0.1) is 0 Å². The number of pyridine rings is 1. The molecule has 1 amide bonds. The van der Waals surface area contributed by atoms with Gasteiger partial charge in [-0.3, -0.25) is 14.6 Å². The SMILES string of the molecule is CC(=O)c1ccc(Nc2nc(CNC(=O)c3cccnc3)cs2)cc1. The minimum atomic E-state index is -0.185. The number of benzene rings is 1. The Morgan fingerprint density at radius 1 is 1.12 bits per heavy atom. The van der Waals surface area contributed by atoms with Crippen molar-refractivity contribution in [1.29, 1.82) is 0 Å². The molecule has 6 nitrogen and oxygen atoms in total. The normalized spacial score (nSPS) is 10.3. The van der Waals surface area contributed by atoms with Gasteiger partial charge in [0.25, 0.3) is 5.91 Å². The Hall–Kier alpha value is -3.06. The van der Waals surface area contributed by atoms with E-state index in [0.29, 0.717) is 17.7 Å². The van der Waals surface area contributed by atoms with E-state index in [-0.39, 0.29) is 11.7 Å². The van der Waals surface area contributed by atoms with Crippen LogP contribution in [0.3, 0.4) is 0 Å². The van der Waals surface area contributed by atoms with Crippen molar-refractivity contribution in [1.82, 2.24) is 15.3 Å². The zero-order valence-corrected chi connectivity index (χ0v) is 14.3. The Kier molecular flexibility index (Phi) is 5.15. The minimum Gasteiger partial charge on any atom is -0.346 e. The van der Waals surface area contributed by atoms with Gasteiger partial charge in [-0.2, -0.15) is 0 Å². The van der Waals surface area contributed by atoms with Crippen LogP contribution in [0.5, 0.6) is 0 Å². The quantitative estimate of drug-likeness (QED) is 0.664. The molecule has 2 heterocycles. The third-order valence-electron chi connectivity index (χ3n) is 3.45. The molecule has 0 aliphatic carbocycles. The van der Waals surface area contributed by atoms with Crippen LogP contribution in [0.15, 0.2) is 54.2 Å². The van der Waals surface area contributed by atoms with Crippen molar-refractivity contribution in [2.75, 3.05) is 5.32 Å². The van der Waals surface area contributed by atoms with E-state index in [1.165, 1.54) is 24.5 Å². The van der Waals surface area contributed by atoms with Crippen LogP contribution in [0.2, 0.25) is 0 Å². The maximum Gasteiger partial charge on any atom is 0.253 e. The summed E-state index contributed by atoms with van der Waals surface area (Å²) >= 11 is 1.45. The molecule has 0 unspecified atom stereocenters. The Morgan fingerprint density at radius 3 is 2.60 bits per heavy atom. The predicted molar refractivity (Wildman–Crippen MR) is 97.3 cm³/mol. The van der Waals surface area contributed by atoms with Gasteiger partial charge in [0.05, 0.1) is 17.8 Å². The predicted octanol–water partition coefficient (Wildman–Crippen LogP) is 3.41. The fourth-order valence-corrected chi connectivity index (χ4v) is 2.86. The average molecular weight is 352 g/mol. The van der Waals surface area contributed by atoms with Crippen LogP contribution in [0.25, 0.3) is 0 Å². The molecule has 3 aromatic rings. The number of amides is 1. The summed E-state index contributed by atoms with van der Waals surface area (Å²) in [6.45, 7) is 1.88. The monoisotopic (exact) mass is 352 g/mol. The molecule has 126 valence electrons. The van der Waals surface area contributed by atoms with Gasteiger partial charge in [-0.05, 0) is 43.3 Å². The number of nitrogens with one attached hydrogen (secondary N) is 2. The summed E-state index contributed by atoms with van der Waals surface area (Å²) in [5.41, 5.74) is 2.81. The maximum absolute atomic E-state index is 12.0. The fraction of sp³-hybridized carbons (Fsp3) is 0.111. The summed E-state index contributed by atoms with van der Waals surface area (Å²) in [4.78, 5) is 31.6. The molecular weight excluding hydrogens is 336 g/mol. The summed E-state index contributed by atoms with van der Waals surface area (Å²) < 4.78 is 0. The molecule has 0 saturated carbocycles. The molecule has 0 bridgehead atoms. The highest BCUT2D eigenvalue weighted by Crippen LogP contribution is 2.21. The molecule has 2 N–H and O–H groups in total. The van der Waals surface area contributed by atoms with Crippen LogP contribution in [-0.2, 0) is 6.54 Å². The number of ketones is 1. The molecule has 1 aromatic carbocycles. The van der Waals surface area contributed by atoms with Crippen molar-refractivity contribution in [3.05, 3.63) is 71.0 Å². The Labute approximate surface area is 149 Å². The number of hydrogen-bond acceptors (Lipinski definition) is 6. The maximum atomic E-state index is 12.0. The third-order valence-corrected chi connectivity index (χ3v) is 4.25. The number of aromatic nitrogens is 2. The summed E-state index contributed by atoms with van der Waals surface area (Å²) in [7, 11) is 0. The van der Waals surface area contributed by atoms with Crippen molar-refractivity contribution < 1.29 is 9.59 Å². The third kappa shape index (κ3) is 4.48. The second kappa shape index (κ2) is 7.67. The second-order valence-corrected chi connectivity index (χ2v) is 6.19. The van der Waals surface area contributed by atoms with Crippen LogP contribution >= 0.6 is 11.3 Å². The van der Waals surface area contributed by atoms with E-state index in [2.05, 4.69) is 20.6 Å². The van der Waals surface area contributed by atoms with E-state index in [0.717, 1.165) is 16.5 Å². The van der Waals surface area contributed by atoms with Crippen molar-refractivity contribution in [3.63, 3.8) is 0 Å². The van der Waals surface area contributed by atoms with Crippen molar-refractivity contribution in [2.24, 2.45) is 0 Å². The standard InChI is InChI=1S/C18H16N4O2S/c1-12(23)13-4-6-15(7-5-13)21-18-22-16(11-25-18)10-20-17(24)14-3-2-8-19-9-14/h2-9,11H,10H2,1H3,(H,20,24)(H,21,22). The highest BCUT2D eigenvalue weighted by molar-refractivity contribution is 7.13. The molecule has 0 saturated heterocycles. The first-order chi connectivity index (χ1) is 12.1. The number of rotatable bonds is 6. The van der Waals surface area contributed by atoms with E-state index < -0.39 is 0 Å². The zero-order valence-electron chi connectivity index (χ0n) is 13.5. The van der Waals surface area contributed by atoms with E-state index >= 15 is 0 Å². The van der Waals surface area contributed by atoms with Gasteiger partial charge in [0.1, 0.15) is 0 Å². The summed E-state index contributed by atoms with van der Waals surface area (Å²) in [6.07, 6.45) is 3.15. The summed E-state index contributed by atoms with van der Waals surface area (Å²) in [5.74, 6) is -0.150. The smallest absolute Gasteiger partial charge is 0.253 e. The van der Waals surface area contributed by atoms with Gasteiger partial charge in [0.2, 0.25) is 0 Å². The number of carbonyl (C=O) groups is 2. The van der Waals surface area contributed by atoms with Crippen molar-refractivity contribution in [3.8, 4) is 0 Å². The number of nitrogens with zero attached hydrogens (tertiary/aromatic N) is 2. The lowest BCUT2D eigenvalue weighted by Crippen LogP contribution is -2.22. The molecule has 2 aromatic heterocycles. The second-order valence-electron chi connectivity index (χ2n) is 5.33. The topological polar surface area (TPSA) is 84.0 Å². The first kappa shape index (κ1) is 16.8. The number of Topliss-reactive ketones (excluding diaryl/α,β-unsaturated/α-hetero) is 1. The van der Waals surface area contributed by atoms with Crippen LogP contribution in [-0.4, -0.2) is 21.7 Å². The Balaban J connectivity index is 1.57. The number of anilines is 2. The molecular formula is C18H16N4O2S. The van der Waals surface area contributed by atoms with E-state index in [1.807, 2.05) is 17.5 Å². The molecule has 0 radical (unpaired) electrons. The lowest BCUT2D eigenvalue weighted by Gasteiger charge is -2.04. The van der Waals surface area contributed by atoms with Gasteiger partial charge in [0.15, 0.2) is 10.9 Å². The largest absolute Gasteiger partial charge is 0.346 e. The summed E-state index contributed by atoms with van der Waals surface area (Å²) in [6, 6.07) is 10.6. The van der Waals surface area contributed by atoms with Crippen LogP contribution < -0.4 is 10.6 Å². The van der Waals surface area contributed by atoms with E-state index in [4.69, 9.17) is 0 Å². The van der Waals surface area contributed by atoms with Gasteiger partial charge in [-0.15, -0.1) is 11.3 Å². The summed E-state index contributed by atoms with van der Waals surface area (Å²) in [5, 5.41) is 8.60. The number of thiazole rings is 1. The Bertz CT molecular complexity index is 876. The van der Waals surface area contributed by atoms with Gasteiger partial charge < -0.3 is 10.6 Å². The minimum absolute atomic E-state index is 0.0347. The van der Waals surface area contributed by atoms with Crippen molar-refractivity contribution in [2.45, 2.75) is 13.5 Å². The number of carbonyl (C=O) groups excluding carboxylic acids is 2. The van der Waals surface area contributed by atoms with Gasteiger partial charge in [-0.25, -0.2) is 4.98 Å². The fourth-order valence-electron chi connectivity index (χ4n) is 2.13. The molecule has 3 rings (SSSR count).